The molecule has 0 aromatic heterocycles. The molecule has 21 heavy (non-hydrogen) atoms. The molecule has 2 aliphatic rings. The Morgan fingerprint density at radius 1 is 1.33 bits per heavy atom. The molecule has 1 N–H and O–H groups in total. The van der Waals surface area contributed by atoms with E-state index in [1.165, 1.54) is 25.7 Å². The Labute approximate surface area is 130 Å². The molecule has 1 aliphatic heterocycles. The van der Waals surface area contributed by atoms with Gasteiger partial charge in [0.25, 0.3) is 0 Å². The smallest absolute Gasteiger partial charge is 0.244 e. The maximum atomic E-state index is 12.8. The molecule has 1 heterocycles. The van der Waals surface area contributed by atoms with Gasteiger partial charge in [0.15, 0.2) is 0 Å². The molecule has 0 radical (unpaired) electrons. The summed E-state index contributed by atoms with van der Waals surface area (Å²) >= 11 is 0. The van der Waals surface area contributed by atoms with Gasteiger partial charge in [0.2, 0.25) is 5.91 Å². The first-order valence-electron chi connectivity index (χ1n) is 8.88. The summed E-state index contributed by atoms with van der Waals surface area (Å²) in [7, 11) is 0. The fourth-order valence-electron chi connectivity index (χ4n) is 3.57. The molecule has 1 atom stereocenters. The second-order valence-electron chi connectivity index (χ2n) is 8.43. The molecule has 122 valence electrons. The molecule has 0 aromatic rings. The van der Waals surface area contributed by atoms with Crippen LogP contribution in [0.15, 0.2) is 0 Å². The quantitative estimate of drug-likeness (QED) is 0.688. The molecule has 1 saturated heterocycles. The van der Waals surface area contributed by atoms with Crippen LogP contribution in [0.25, 0.3) is 0 Å². The number of nitrogens with zero attached hydrogens (tertiary/aromatic N) is 1. The largest absolute Gasteiger partial charge is 0.325 e. The number of rotatable bonds is 8. The summed E-state index contributed by atoms with van der Waals surface area (Å²) in [6.07, 6.45) is 8.45. The lowest BCUT2D eigenvalue weighted by Gasteiger charge is -2.34. The van der Waals surface area contributed by atoms with Gasteiger partial charge < -0.3 is 4.90 Å². The van der Waals surface area contributed by atoms with Crippen molar-refractivity contribution in [1.82, 2.24) is 10.2 Å². The van der Waals surface area contributed by atoms with Gasteiger partial charge in [0.1, 0.15) is 0 Å². The average molecular weight is 294 g/mol. The van der Waals surface area contributed by atoms with E-state index in [1.807, 2.05) is 0 Å². The lowest BCUT2D eigenvalue weighted by molar-refractivity contribution is -0.132. The average Bonchev–Trinajstić information content (AvgIpc) is 3.10. The Hall–Kier alpha value is -0.570. The van der Waals surface area contributed by atoms with Gasteiger partial charge >= 0.3 is 0 Å². The van der Waals surface area contributed by atoms with Gasteiger partial charge in [-0.25, -0.2) is 0 Å². The van der Waals surface area contributed by atoms with Crippen molar-refractivity contribution < 1.29 is 4.79 Å². The first-order chi connectivity index (χ1) is 9.80. The van der Waals surface area contributed by atoms with Crippen molar-refractivity contribution in [3.63, 3.8) is 0 Å². The highest BCUT2D eigenvalue weighted by Crippen LogP contribution is 2.44. The first kappa shape index (κ1) is 16.8. The molecular formula is C18H34N2O. The van der Waals surface area contributed by atoms with Crippen LogP contribution in [0.5, 0.6) is 0 Å². The van der Waals surface area contributed by atoms with E-state index in [2.05, 4.69) is 44.8 Å². The van der Waals surface area contributed by atoms with Crippen molar-refractivity contribution in [2.45, 2.75) is 91.3 Å². The first-order valence-corrected chi connectivity index (χ1v) is 8.88. The second kappa shape index (κ2) is 6.28. The van der Waals surface area contributed by atoms with E-state index in [0.29, 0.717) is 11.8 Å². The summed E-state index contributed by atoms with van der Waals surface area (Å²) in [5.74, 6) is 0.992. The molecule has 1 saturated carbocycles. The minimum Gasteiger partial charge on any atom is -0.325 e. The molecule has 1 amide bonds. The van der Waals surface area contributed by atoms with Crippen molar-refractivity contribution >= 4 is 5.91 Å². The van der Waals surface area contributed by atoms with Crippen LogP contribution in [-0.4, -0.2) is 29.1 Å². The van der Waals surface area contributed by atoms with Crippen LogP contribution in [0.1, 0.15) is 79.6 Å². The van der Waals surface area contributed by atoms with Crippen LogP contribution in [-0.2, 0) is 4.79 Å². The summed E-state index contributed by atoms with van der Waals surface area (Å²) in [4.78, 5) is 14.9. The lowest BCUT2D eigenvalue weighted by Crippen LogP contribution is -2.43. The van der Waals surface area contributed by atoms with Crippen molar-refractivity contribution in [2.24, 2.45) is 11.3 Å². The number of hydrogen-bond donors (Lipinski definition) is 1. The predicted molar refractivity (Wildman–Crippen MR) is 88.0 cm³/mol. The zero-order chi connectivity index (χ0) is 15.7. The van der Waals surface area contributed by atoms with Crippen LogP contribution in [0, 0.1) is 11.3 Å². The van der Waals surface area contributed by atoms with Crippen molar-refractivity contribution in [1.29, 1.82) is 0 Å². The second-order valence-corrected chi connectivity index (χ2v) is 8.43. The monoisotopic (exact) mass is 294 g/mol. The Kier molecular flexibility index (Phi) is 5.02. The normalized spacial score (nSPS) is 24.4. The molecule has 2 fully saturated rings. The molecule has 2 rings (SSSR count). The zero-order valence-corrected chi connectivity index (χ0v) is 14.7. The van der Waals surface area contributed by atoms with E-state index in [4.69, 9.17) is 0 Å². The van der Waals surface area contributed by atoms with Gasteiger partial charge in [-0.05, 0) is 37.0 Å². The van der Waals surface area contributed by atoms with Gasteiger partial charge in [-0.15, -0.1) is 0 Å². The third-order valence-corrected chi connectivity index (χ3v) is 4.99. The van der Waals surface area contributed by atoms with E-state index < -0.39 is 0 Å². The molecule has 0 aromatic carbocycles. The Morgan fingerprint density at radius 2 is 2.00 bits per heavy atom. The summed E-state index contributed by atoms with van der Waals surface area (Å²) in [6, 6.07) is 0. The number of amides is 1. The minimum atomic E-state index is -0.168. The maximum Gasteiger partial charge on any atom is 0.244 e. The number of carbonyl (C=O) groups is 1. The number of unbranched alkanes of at least 4 members (excludes halogenated alkanes) is 2. The van der Waals surface area contributed by atoms with Crippen LogP contribution in [0.2, 0.25) is 0 Å². The topological polar surface area (TPSA) is 32.3 Å². The highest BCUT2D eigenvalue weighted by Gasteiger charge is 2.59. The van der Waals surface area contributed by atoms with Crippen molar-refractivity contribution in [2.75, 3.05) is 6.54 Å². The van der Waals surface area contributed by atoms with Crippen LogP contribution in [0.4, 0.5) is 0 Å². The molecule has 0 bridgehead atoms. The maximum absolute atomic E-state index is 12.8. The molecular weight excluding hydrogens is 260 g/mol. The van der Waals surface area contributed by atoms with Crippen molar-refractivity contribution in [3.05, 3.63) is 0 Å². The standard InChI is InChI=1S/C18H34N2O/c1-6-7-8-9-17(4,5)13-20-15(12-14(2)3)19-18(10-11-18)16(20)21/h14-15,19H,6-13H2,1-5H3. The van der Waals surface area contributed by atoms with E-state index in [1.54, 1.807) is 0 Å². The fourth-order valence-corrected chi connectivity index (χ4v) is 3.57. The summed E-state index contributed by atoms with van der Waals surface area (Å²) in [6.45, 7) is 12.3. The Bertz CT molecular complexity index is 371. The van der Waals surface area contributed by atoms with Crippen LogP contribution < -0.4 is 5.32 Å². The van der Waals surface area contributed by atoms with Crippen molar-refractivity contribution in [3.8, 4) is 0 Å². The SMILES string of the molecule is CCCCCC(C)(C)CN1C(=O)C2(CC2)NC1CC(C)C. The van der Waals surface area contributed by atoms with Gasteiger partial charge in [-0.1, -0.05) is 53.9 Å². The lowest BCUT2D eigenvalue weighted by atomic mass is 9.86. The van der Waals surface area contributed by atoms with Gasteiger partial charge in [0, 0.05) is 6.54 Å². The van der Waals surface area contributed by atoms with E-state index in [0.717, 1.165) is 25.8 Å². The van der Waals surface area contributed by atoms with E-state index in [9.17, 15) is 4.79 Å². The Balaban J connectivity index is 1.99. The number of hydrogen-bond acceptors (Lipinski definition) is 2. The summed E-state index contributed by atoms with van der Waals surface area (Å²) in [5, 5.41) is 3.64. The summed E-state index contributed by atoms with van der Waals surface area (Å²) < 4.78 is 0. The van der Waals surface area contributed by atoms with E-state index >= 15 is 0 Å². The molecule has 1 unspecified atom stereocenters. The van der Waals surface area contributed by atoms with Gasteiger partial charge in [0.05, 0.1) is 11.7 Å². The number of carbonyl (C=O) groups excluding carboxylic acids is 1. The van der Waals surface area contributed by atoms with Crippen LogP contribution >= 0.6 is 0 Å². The number of nitrogens with one attached hydrogen (secondary N) is 1. The highest BCUT2D eigenvalue weighted by atomic mass is 16.2. The molecule has 3 nitrogen and oxygen atoms in total. The summed E-state index contributed by atoms with van der Waals surface area (Å²) in [5.41, 5.74) is 0.0568. The molecule has 1 aliphatic carbocycles. The van der Waals surface area contributed by atoms with E-state index in [-0.39, 0.29) is 17.1 Å². The zero-order valence-electron chi connectivity index (χ0n) is 14.7. The fraction of sp³-hybridized carbons (Fsp3) is 0.944. The third kappa shape index (κ3) is 4.00. The molecule has 3 heteroatoms. The van der Waals surface area contributed by atoms with Gasteiger partial charge in [-0.2, -0.15) is 0 Å². The predicted octanol–water partition coefficient (Wildman–Crippen LogP) is 3.93. The minimum absolute atomic E-state index is 0.168. The molecule has 1 spiro atoms. The third-order valence-electron chi connectivity index (χ3n) is 4.99. The van der Waals surface area contributed by atoms with Crippen LogP contribution in [0.3, 0.4) is 0 Å². The highest BCUT2D eigenvalue weighted by molar-refractivity contribution is 5.91. The van der Waals surface area contributed by atoms with Gasteiger partial charge in [-0.3, -0.25) is 10.1 Å². The Morgan fingerprint density at radius 3 is 2.52 bits per heavy atom.